The highest BCUT2D eigenvalue weighted by Crippen LogP contribution is 2.30. The average Bonchev–Trinajstić information content (AvgIpc) is 2.29. The van der Waals surface area contributed by atoms with Crippen molar-refractivity contribution in [2.45, 2.75) is 15.1 Å². The molecule has 0 nitrogen and oxygen atoms in total. The fraction of sp³-hybridized carbons (Fsp3) is 0.0769. The Bertz CT molecular complexity index is 483. The van der Waals surface area contributed by atoms with Gasteiger partial charge in [-0.1, -0.05) is 61.8 Å². The fourth-order valence-electron chi connectivity index (χ4n) is 1.36. The molecular weight excluding hydrogens is 348 g/mol. The summed E-state index contributed by atoms with van der Waals surface area (Å²) in [6, 6.07) is 16.9. The van der Waals surface area contributed by atoms with Crippen LogP contribution < -0.4 is 0 Å². The second kappa shape index (κ2) is 5.89. The second-order valence-corrected chi connectivity index (χ2v) is 5.96. The Balaban J connectivity index is 2.20. The first-order chi connectivity index (χ1) is 7.78. The third-order valence-electron chi connectivity index (χ3n) is 2.08. The SMILES string of the molecule is BrCc1cccc(Sc2cccc(Br)c2)c1. The molecule has 0 bridgehead atoms. The average molecular weight is 358 g/mol. The van der Waals surface area contributed by atoms with Gasteiger partial charge in [0, 0.05) is 19.6 Å². The molecule has 0 heterocycles. The summed E-state index contributed by atoms with van der Waals surface area (Å²) in [5.41, 5.74) is 1.31. The topological polar surface area (TPSA) is 0 Å². The van der Waals surface area contributed by atoms with Crippen LogP contribution in [0.4, 0.5) is 0 Å². The smallest absolute Gasteiger partial charge is 0.0283 e. The van der Waals surface area contributed by atoms with Gasteiger partial charge in [0.2, 0.25) is 0 Å². The summed E-state index contributed by atoms with van der Waals surface area (Å²) in [6.45, 7) is 0. The van der Waals surface area contributed by atoms with Crippen LogP contribution in [0, 0.1) is 0 Å². The lowest BCUT2D eigenvalue weighted by Crippen LogP contribution is -1.78. The Labute approximate surface area is 117 Å². The number of hydrogen-bond donors (Lipinski definition) is 0. The number of alkyl halides is 1. The Morgan fingerprint density at radius 3 is 2.31 bits per heavy atom. The third-order valence-corrected chi connectivity index (χ3v) is 4.20. The molecule has 3 heteroatoms. The molecule has 0 aliphatic rings. The summed E-state index contributed by atoms with van der Waals surface area (Å²) >= 11 is 8.74. The van der Waals surface area contributed by atoms with E-state index in [1.165, 1.54) is 15.4 Å². The quantitative estimate of drug-likeness (QED) is 0.654. The van der Waals surface area contributed by atoms with Crippen molar-refractivity contribution in [3.05, 3.63) is 58.6 Å². The van der Waals surface area contributed by atoms with Crippen LogP contribution in [0.2, 0.25) is 0 Å². The first kappa shape index (κ1) is 12.2. The van der Waals surface area contributed by atoms with E-state index >= 15 is 0 Å². The predicted octanol–water partition coefficient (Wildman–Crippen LogP) is 5.50. The first-order valence-corrected chi connectivity index (χ1v) is 7.59. The van der Waals surface area contributed by atoms with Gasteiger partial charge in [-0.25, -0.2) is 0 Å². The van der Waals surface area contributed by atoms with Crippen LogP contribution in [0.25, 0.3) is 0 Å². The van der Waals surface area contributed by atoms with Crippen LogP contribution in [0.5, 0.6) is 0 Å². The van der Waals surface area contributed by atoms with Crippen molar-refractivity contribution < 1.29 is 0 Å². The molecule has 0 saturated heterocycles. The van der Waals surface area contributed by atoms with Gasteiger partial charge in [0.1, 0.15) is 0 Å². The molecular formula is C13H10Br2S. The zero-order valence-electron chi connectivity index (χ0n) is 8.49. The zero-order chi connectivity index (χ0) is 11.4. The lowest BCUT2D eigenvalue weighted by Gasteiger charge is -2.03. The lowest BCUT2D eigenvalue weighted by molar-refractivity contribution is 1.33. The summed E-state index contributed by atoms with van der Waals surface area (Å²) in [6.07, 6.45) is 0. The van der Waals surface area contributed by atoms with Crippen LogP contribution in [0.3, 0.4) is 0 Å². The molecule has 0 aliphatic carbocycles. The Morgan fingerprint density at radius 1 is 0.938 bits per heavy atom. The van der Waals surface area contributed by atoms with Crippen LogP contribution in [0.1, 0.15) is 5.56 Å². The minimum atomic E-state index is 0.903. The van der Waals surface area contributed by atoms with E-state index in [0.717, 1.165) is 9.80 Å². The minimum absolute atomic E-state index is 0.903. The zero-order valence-corrected chi connectivity index (χ0v) is 12.5. The Hall–Kier alpha value is -0.250. The molecule has 0 spiro atoms. The number of halogens is 2. The second-order valence-electron chi connectivity index (χ2n) is 3.34. The van der Waals surface area contributed by atoms with E-state index in [9.17, 15) is 0 Å². The molecule has 0 atom stereocenters. The van der Waals surface area contributed by atoms with Crippen LogP contribution in [-0.4, -0.2) is 0 Å². The third kappa shape index (κ3) is 3.37. The van der Waals surface area contributed by atoms with Crippen molar-refractivity contribution in [3.8, 4) is 0 Å². The van der Waals surface area contributed by atoms with Crippen LogP contribution in [0.15, 0.2) is 62.8 Å². The van der Waals surface area contributed by atoms with Gasteiger partial charge in [-0.2, -0.15) is 0 Å². The van der Waals surface area contributed by atoms with Gasteiger partial charge in [0.05, 0.1) is 0 Å². The van der Waals surface area contributed by atoms with Gasteiger partial charge in [0.15, 0.2) is 0 Å². The van der Waals surface area contributed by atoms with Crippen molar-refractivity contribution in [2.24, 2.45) is 0 Å². The summed E-state index contributed by atoms with van der Waals surface area (Å²) < 4.78 is 1.12. The normalized spacial score (nSPS) is 10.4. The maximum Gasteiger partial charge on any atom is 0.0283 e. The molecule has 0 radical (unpaired) electrons. The van der Waals surface area contributed by atoms with Gasteiger partial charge in [-0.15, -0.1) is 0 Å². The maximum absolute atomic E-state index is 3.48. The first-order valence-electron chi connectivity index (χ1n) is 4.86. The predicted molar refractivity (Wildman–Crippen MR) is 77.3 cm³/mol. The van der Waals surface area contributed by atoms with Gasteiger partial charge in [0.25, 0.3) is 0 Å². The molecule has 0 aliphatic heterocycles. The highest BCUT2D eigenvalue weighted by Gasteiger charge is 1.99. The molecule has 0 fully saturated rings. The van der Waals surface area contributed by atoms with Gasteiger partial charge < -0.3 is 0 Å². The van der Waals surface area contributed by atoms with E-state index in [-0.39, 0.29) is 0 Å². The van der Waals surface area contributed by atoms with Crippen molar-refractivity contribution >= 4 is 43.6 Å². The molecule has 82 valence electrons. The molecule has 0 amide bonds. The summed E-state index contributed by atoms with van der Waals surface area (Å²) in [4.78, 5) is 2.52. The van der Waals surface area contributed by atoms with Crippen LogP contribution in [-0.2, 0) is 5.33 Å². The van der Waals surface area contributed by atoms with Gasteiger partial charge >= 0.3 is 0 Å². The highest BCUT2D eigenvalue weighted by atomic mass is 79.9. The summed E-state index contributed by atoms with van der Waals surface area (Å²) in [5.74, 6) is 0. The highest BCUT2D eigenvalue weighted by molar-refractivity contribution is 9.10. The molecule has 0 saturated carbocycles. The minimum Gasteiger partial charge on any atom is -0.0901 e. The molecule has 0 unspecified atom stereocenters. The van der Waals surface area contributed by atoms with E-state index in [4.69, 9.17) is 0 Å². The van der Waals surface area contributed by atoms with Gasteiger partial charge in [-0.3, -0.25) is 0 Å². The molecule has 16 heavy (non-hydrogen) atoms. The summed E-state index contributed by atoms with van der Waals surface area (Å²) in [5, 5.41) is 0.903. The van der Waals surface area contributed by atoms with E-state index in [2.05, 4.69) is 74.3 Å². The van der Waals surface area contributed by atoms with Crippen molar-refractivity contribution in [1.29, 1.82) is 0 Å². The monoisotopic (exact) mass is 356 g/mol. The number of benzene rings is 2. The molecule has 0 N–H and O–H groups in total. The van der Waals surface area contributed by atoms with Gasteiger partial charge in [-0.05, 0) is 35.9 Å². The standard InChI is InChI=1S/C13H10Br2S/c14-9-10-3-1-5-12(7-10)16-13-6-2-4-11(15)8-13/h1-8H,9H2. The number of rotatable bonds is 3. The molecule has 0 aromatic heterocycles. The van der Waals surface area contributed by atoms with Crippen molar-refractivity contribution in [3.63, 3.8) is 0 Å². The summed E-state index contributed by atoms with van der Waals surface area (Å²) in [7, 11) is 0. The Morgan fingerprint density at radius 2 is 1.62 bits per heavy atom. The van der Waals surface area contributed by atoms with Crippen molar-refractivity contribution in [1.82, 2.24) is 0 Å². The number of hydrogen-bond acceptors (Lipinski definition) is 1. The Kier molecular flexibility index (Phi) is 4.50. The van der Waals surface area contributed by atoms with E-state index in [0.29, 0.717) is 0 Å². The van der Waals surface area contributed by atoms with E-state index < -0.39 is 0 Å². The fourth-order valence-corrected chi connectivity index (χ4v) is 3.22. The van der Waals surface area contributed by atoms with Crippen LogP contribution >= 0.6 is 43.6 Å². The molecule has 2 rings (SSSR count). The lowest BCUT2D eigenvalue weighted by atomic mass is 10.2. The molecule has 2 aromatic carbocycles. The van der Waals surface area contributed by atoms with Crippen molar-refractivity contribution in [2.75, 3.05) is 0 Å². The maximum atomic E-state index is 3.48. The van der Waals surface area contributed by atoms with E-state index in [1.807, 2.05) is 6.07 Å². The van der Waals surface area contributed by atoms with E-state index in [1.54, 1.807) is 11.8 Å². The largest absolute Gasteiger partial charge is 0.0901 e. The molecule has 2 aromatic rings.